The lowest BCUT2D eigenvalue weighted by Gasteiger charge is -2.35. The molecule has 175 valence electrons. The first-order valence-corrected chi connectivity index (χ1v) is 12.1. The molecule has 1 radical (unpaired) electrons. The van der Waals surface area contributed by atoms with Gasteiger partial charge in [0.05, 0.1) is 13.7 Å². The van der Waals surface area contributed by atoms with Gasteiger partial charge in [-0.1, -0.05) is 33.8 Å². The van der Waals surface area contributed by atoms with Crippen molar-refractivity contribution in [3.8, 4) is 11.6 Å². The molecule has 0 spiro atoms. The third kappa shape index (κ3) is 7.15. The molecule has 0 bridgehead atoms. The zero-order valence-electron chi connectivity index (χ0n) is 20.7. The summed E-state index contributed by atoms with van der Waals surface area (Å²) in [6.45, 7) is 16.0. The van der Waals surface area contributed by atoms with Crippen LogP contribution in [0.25, 0.3) is 0 Å². The van der Waals surface area contributed by atoms with E-state index in [2.05, 4.69) is 62.7 Å². The van der Waals surface area contributed by atoms with E-state index in [1.54, 1.807) is 7.11 Å². The van der Waals surface area contributed by atoms with Crippen LogP contribution in [0.5, 0.6) is 11.6 Å². The van der Waals surface area contributed by atoms with E-state index in [9.17, 15) is 0 Å². The highest BCUT2D eigenvalue weighted by Crippen LogP contribution is 2.32. The number of hydrogen-bond donors (Lipinski definition) is 0. The van der Waals surface area contributed by atoms with Gasteiger partial charge >= 0.3 is 0 Å². The van der Waals surface area contributed by atoms with E-state index in [0.717, 1.165) is 44.7 Å². The molecule has 0 aliphatic carbocycles. The fourth-order valence-electron chi connectivity index (χ4n) is 4.34. The summed E-state index contributed by atoms with van der Waals surface area (Å²) >= 11 is 0. The normalized spacial score (nSPS) is 15.3. The Morgan fingerprint density at radius 1 is 1.16 bits per heavy atom. The molecule has 0 unspecified atom stereocenters. The Balaban J connectivity index is 1.57. The third-order valence-corrected chi connectivity index (χ3v) is 6.42. The fraction of sp³-hybridized carbons (Fsp3) is 0.571. The van der Waals surface area contributed by atoms with Crippen molar-refractivity contribution in [3.05, 3.63) is 54.6 Å². The van der Waals surface area contributed by atoms with Crippen LogP contribution in [0.2, 0.25) is 0 Å². The Morgan fingerprint density at radius 3 is 2.56 bits per heavy atom. The van der Waals surface area contributed by atoms with Crippen LogP contribution in [0.4, 0.5) is 5.69 Å². The first-order chi connectivity index (χ1) is 15.2. The summed E-state index contributed by atoms with van der Waals surface area (Å²) in [5.41, 5.74) is 4.33. The fourth-order valence-corrected chi connectivity index (χ4v) is 4.34. The largest absolute Gasteiger partial charge is 0.497 e. The average Bonchev–Trinajstić information content (AvgIpc) is 2.77. The highest BCUT2D eigenvalue weighted by Gasteiger charge is 2.22. The van der Waals surface area contributed by atoms with Crippen molar-refractivity contribution in [2.45, 2.75) is 65.7 Å². The van der Waals surface area contributed by atoms with Gasteiger partial charge in [-0.2, -0.15) is 0 Å². The second-order valence-corrected chi connectivity index (χ2v) is 10.5. The van der Waals surface area contributed by atoms with Gasteiger partial charge in [0, 0.05) is 37.1 Å². The van der Waals surface area contributed by atoms with Crippen LogP contribution in [-0.4, -0.2) is 31.8 Å². The maximum absolute atomic E-state index is 6.05. The molecular formula is C28H41N2O2. The molecular weight excluding hydrogens is 396 g/mol. The molecule has 1 aromatic heterocycles. The highest BCUT2D eigenvalue weighted by atomic mass is 16.5. The maximum atomic E-state index is 6.05. The Morgan fingerprint density at radius 2 is 1.91 bits per heavy atom. The van der Waals surface area contributed by atoms with Gasteiger partial charge in [0.2, 0.25) is 5.88 Å². The minimum atomic E-state index is 0.240. The molecule has 2 aromatic rings. The van der Waals surface area contributed by atoms with Crippen LogP contribution in [-0.2, 0) is 6.42 Å². The molecule has 0 amide bonds. The van der Waals surface area contributed by atoms with Gasteiger partial charge < -0.3 is 14.4 Å². The number of aryl methyl sites for hydroxylation is 1. The Labute approximate surface area is 195 Å². The lowest BCUT2D eigenvalue weighted by Crippen LogP contribution is -2.36. The van der Waals surface area contributed by atoms with Gasteiger partial charge in [0.15, 0.2) is 0 Å². The molecule has 0 N–H and O–H groups in total. The predicted octanol–water partition coefficient (Wildman–Crippen LogP) is 6.69. The van der Waals surface area contributed by atoms with Crippen molar-refractivity contribution in [2.75, 3.05) is 31.7 Å². The van der Waals surface area contributed by atoms with Crippen LogP contribution in [0.15, 0.2) is 36.5 Å². The topological polar surface area (TPSA) is 34.6 Å². The molecule has 4 heteroatoms. The summed E-state index contributed by atoms with van der Waals surface area (Å²) < 4.78 is 11.6. The van der Waals surface area contributed by atoms with E-state index in [1.165, 1.54) is 29.7 Å². The number of hydrogen-bond acceptors (Lipinski definition) is 4. The molecule has 1 fully saturated rings. The molecule has 1 saturated heterocycles. The number of aromatic nitrogens is 1. The van der Waals surface area contributed by atoms with Crippen LogP contribution in [0.3, 0.4) is 0 Å². The van der Waals surface area contributed by atoms with E-state index < -0.39 is 0 Å². The second-order valence-electron chi connectivity index (χ2n) is 10.5. The molecule has 0 saturated carbocycles. The zero-order chi connectivity index (χ0) is 23.1. The number of ether oxygens (including phenoxy) is 2. The van der Waals surface area contributed by atoms with Crippen LogP contribution < -0.4 is 14.4 Å². The number of benzene rings is 1. The Hall–Kier alpha value is -2.23. The van der Waals surface area contributed by atoms with Crippen molar-refractivity contribution in [1.82, 2.24) is 4.98 Å². The van der Waals surface area contributed by atoms with Gasteiger partial charge in [-0.15, -0.1) is 0 Å². The summed E-state index contributed by atoms with van der Waals surface area (Å²) in [6, 6.07) is 10.6. The van der Waals surface area contributed by atoms with Gasteiger partial charge in [0.1, 0.15) is 5.75 Å². The van der Waals surface area contributed by atoms with E-state index in [0.29, 0.717) is 17.2 Å². The zero-order valence-corrected chi connectivity index (χ0v) is 20.7. The molecule has 1 aliphatic heterocycles. The number of rotatable bonds is 9. The van der Waals surface area contributed by atoms with Gasteiger partial charge in [-0.3, -0.25) is 0 Å². The minimum Gasteiger partial charge on any atom is -0.497 e. The van der Waals surface area contributed by atoms with Crippen molar-refractivity contribution in [3.63, 3.8) is 0 Å². The molecule has 3 rings (SSSR count). The van der Waals surface area contributed by atoms with Crippen molar-refractivity contribution in [2.24, 2.45) is 11.3 Å². The van der Waals surface area contributed by atoms with E-state index >= 15 is 0 Å². The van der Waals surface area contributed by atoms with Crippen LogP contribution in [0, 0.1) is 18.3 Å². The minimum absolute atomic E-state index is 0.240. The first-order valence-electron chi connectivity index (χ1n) is 12.1. The average molecular weight is 438 g/mol. The quantitative estimate of drug-likeness (QED) is 0.437. The number of methoxy groups -OCH3 is 1. The number of pyridine rings is 1. The predicted molar refractivity (Wildman–Crippen MR) is 134 cm³/mol. The Kier molecular flexibility index (Phi) is 8.44. The number of nitrogens with zero attached hydrogens (tertiary/aromatic N) is 2. The second kappa shape index (κ2) is 11.1. The van der Waals surface area contributed by atoms with Gasteiger partial charge in [0.25, 0.3) is 0 Å². The summed E-state index contributed by atoms with van der Waals surface area (Å²) in [4.78, 5) is 6.91. The van der Waals surface area contributed by atoms with Crippen molar-refractivity contribution >= 4 is 5.69 Å². The summed E-state index contributed by atoms with van der Waals surface area (Å²) in [5.74, 6) is 2.46. The molecule has 1 aromatic carbocycles. The number of anilines is 1. The first kappa shape index (κ1) is 24.4. The summed E-state index contributed by atoms with van der Waals surface area (Å²) in [7, 11) is 1.75. The summed E-state index contributed by atoms with van der Waals surface area (Å²) in [5, 5.41) is 0. The lowest BCUT2D eigenvalue weighted by molar-refractivity contribution is 0.216. The molecule has 1 aliphatic rings. The van der Waals surface area contributed by atoms with Gasteiger partial charge in [-0.25, -0.2) is 4.98 Å². The van der Waals surface area contributed by atoms with E-state index in [-0.39, 0.29) is 5.92 Å². The van der Waals surface area contributed by atoms with Crippen molar-refractivity contribution in [1.29, 1.82) is 0 Å². The van der Waals surface area contributed by atoms with Crippen molar-refractivity contribution < 1.29 is 9.47 Å². The molecule has 1 atom stereocenters. The van der Waals surface area contributed by atoms with Crippen LogP contribution >= 0.6 is 0 Å². The molecule has 2 heterocycles. The van der Waals surface area contributed by atoms with E-state index in [1.807, 2.05) is 18.3 Å². The SMILES string of the molecule is [CH2][C@@H](C)c1ccnc(OCC2CCN(c3cc(OC)ccc3CCCC(C)(C)C)CC2)c1. The lowest BCUT2D eigenvalue weighted by atomic mass is 9.88. The monoisotopic (exact) mass is 437 g/mol. The Bertz CT molecular complexity index is 849. The third-order valence-electron chi connectivity index (χ3n) is 6.42. The summed E-state index contributed by atoms with van der Waals surface area (Å²) in [6.07, 6.45) is 7.64. The van der Waals surface area contributed by atoms with E-state index in [4.69, 9.17) is 9.47 Å². The van der Waals surface area contributed by atoms with Gasteiger partial charge in [-0.05, 0) is 79.5 Å². The number of piperidine rings is 1. The standard InChI is InChI=1S/C28H41N2O2/c1-21(2)24-11-15-29-27(18-24)32-20-22-12-16-30(17-13-22)26-19-25(31-6)10-9-23(26)8-7-14-28(3,4)5/h9-11,15,18-19,21-22H,1,7-8,12-14,16-17,20H2,2-6H3/t21-/m0/s1. The molecule has 4 nitrogen and oxygen atoms in total. The maximum Gasteiger partial charge on any atom is 0.213 e. The smallest absolute Gasteiger partial charge is 0.213 e. The molecule has 32 heavy (non-hydrogen) atoms. The van der Waals surface area contributed by atoms with Crippen LogP contribution in [0.1, 0.15) is 70.4 Å². The highest BCUT2D eigenvalue weighted by molar-refractivity contribution is 5.57.